The Bertz CT molecular complexity index is 562. The number of H-pyrrole nitrogens is 1. The number of amides is 3. The van der Waals surface area contributed by atoms with E-state index in [1.165, 1.54) is 0 Å². The van der Waals surface area contributed by atoms with Crippen molar-refractivity contribution in [3.63, 3.8) is 0 Å². The van der Waals surface area contributed by atoms with Crippen LogP contribution >= 0.6 is 0 Å². The monoisotopic (exact) mass is 335 g/mol. The number of likely N-dealkylation sites (tertiary alicyclic amines) is 1. The van der Waals surface area contributed by atoms with Crippen LogP contribution in [0.5, 0.6) is 0 Å². The molecule has 1 aromatic rings. The molecule has 7 nitrogen and oxygen atoms in total. The van der Waals surface area contributed by atoms with E-state index in [-0.39, 0.29) is 23.9 Å². The second-order valence-electron chi connectivity index (χ2n) is 6.73. The Hall–Kier alpha value is -2.05. The Balaban J connectivity index is 1.81. The predicted molar refractivity (Wildman–Crippen MR) is 92.6 cm³/mol. The van der Waals surface area contributed by atoms with E-state index >= 15 is 0 Å². The van der Waals surface area contributed by atoms with Crippen molar-refractivity contribution in [2.24, 2.45) is 5.92 Å². The van der Waals surface area contributed by atoms with E-state index in [4.69, 9.17) is 0 Å². The molecule has 2 rings (SSSR count). The number of carbonyl (C=O) groups is 2. The SMILES string of the molecule is Cc1n[nH]c(C)c1[C@@H]1CCCN1C(=O)NCCCNC(=O)C(C)C. The van der Waals surface area contributed by atoms with E-state index in [9.17, 15) is 9.59 Å². The molecule has 1 aliphatic rings. The largest absolute Gasteiger partial charge is 0.356 e. The smallest absolute Gasteiger partial charge is 0.317 e. The molecule has 0 saturated carbocycles. The van der Waals surface area contributed by atoms with Crippen molar-refractivity contribution in [2.75, 3.05) is 19.6 Å². The minimum atomic E-state index is -0.0345. The van der Waals surface area contributed by atoms with Crippen molar-refractivity contribution >= 4 is 11.9 Å². The Morgan fingerprint density at radius 1 is 1.29 bits per heavy atom. The van der Waals surface area contributed by atoms with Gasteiger partial charge in [0.05, 0.1) is 11.7 Å². The molecule has 0 unspecified atom stereocenters. The van der Waals surface area contributed by atoms with Gasteiger partial charge in [-0.15, -0.1) is 0 Å². The van der Waals surface area contributed by atoms with Crippen LogP contribution in [0.25, 0.3) is 0 Å². The number of nitrogens with one attached hydrogen (secondary N) is 3. The second-order valence-corrected chi connectivity index (χ2v) is 6.73. The van der Waals surface area contributed by atoms with Gasteiger partial charge in [-0.25, -0.2) is 4.79 Å². The van der Waals surface area contributed by atoms with Crippen molar-refractivity contribution in [1.29, 1.82) is 0 Å². The minimum absolute atomic E-state index is 0.00797. The van der Waals surface area contributed by atoms with Crippen LogP contribution in [-0.4, -0.2) is 46.7 Å². The molecule has 1 aromatic heterocycles. The van der Waals surface area contributed by atoms with Crippen LogP contribution in [0.3, 0.4) is 0 Å². The first-order valence-corrected chi connectivity index (χ1v) is 8.75. The van der Waals surface area contributed by atoms with E-state index < -0.39 is 0 Å². The molecule has 1 atom stereocenters. The highest BCUT2D eigenvalue weighted by molar-refractivity contribution is 5.77. The van der Waals surface area contributed by atoms with Crippen LogP contribution in [0.15, 0.2) is 0 Å². The lowest BCUT2D eigenvalue weighted by molar-refractivity contribution is -0.123. The lowest BCUT2D eigenvalue weighted by atomic mass is 10.0. The molecule has 2 heterocycles. The van der Waals surface area contributed by atoms with Gasteiger partial charge < -0.3 is 15.5 Å². The Morgan fingerprint density at radius 2 is 2.00 bits per heavy atom. The van der Waals surface area contributed by atoms with Gasteiger partial charge >= 0.3 is 6.03 Å². The fourth-order valence-corrected chi connectivity index (χ4v) is 3.16. The molecule has 3 N–H and O–H groups in total. The molecule has 0 spiro atoms. The minimum Gasteiger partial charge on any atom is -0.356 e. The second kappa shape index (κ2) is 8.17. The average Bonchev–Trinajstić information content (AvgIpc) is 3.13. The standard InChI is InChI=1S/C17H29N5O2/c1-11(2)16(23)18-8-6-9-19-17(24)22-10-5-7-14(22)15-12(3)20-21-13(15)4/h11,14H,5-10H2,1-4H3,(H,18,23)(H,19,24)(H,20,21)/t14-/m0/s1. The van der Waals surface area contributed by atoms with Gasteiger partial charge in [-0.05, 0) is 33.1 Å². The fourth-order valence-electron chi connectivity index (χ4n) is 3.16. The summed E-state index contributed by atoms with van der Waals surface area (Å²) in [7, 11) is 0. The number of hydrogen-bond acceptors (Lipinski definition) is 3. The highest BCUT2D eigenvalue weighted by atomic mass is 16.2. The number of rotatable bonds is 6. The van der Waals surface area contributed by atoms with Crippen molar-refractivity contribution in [3.05, 3.63) is 17.0 Å². The molecule has 134 valence electrons. The fraction of sp³-hybridized carbons (Fsp3) is 0.706. The molecule has 1 saturated heterocycles. The third kappa shape index (κ3) is 4.27. The van der Waals surface area contributed by atoms with Crippen LogP contribution in [0, 0.1) is 19.8 Å². The van der Waals surface area contributed by atoms with Crippen LogP contribution in [0.4, 0.5) is 4.79 Å². The van der Waals surface area contributed by atoms with Gasteiger partial charge in [-0.3, -0.25) is 9.89 Å². The topological polar surface area (TPSA) is 90.1 Å². The Kier molecular flexibility index (Phi) is 6.23. The molecule has 0 radical (unpaired) electrons. The Morgan fingerprint density at radius 3 is 2.62 bits per heavy atom. The third-order valence-corrected chi connectivity index (χ3v) is 4.49. The van der Waals surface area contributed by atoms with E-state index in [1.54, 1.807) is 0 Å². The highest BCUT2D eigenvalue weighted by Gasteiger charge is 2.32. The lowest BCUT2D eigenvalue weighted by Crippen LogP contribution is -2.41. The molecular weight excluding hydrogens is 306 g/mol. The maximum Gasteiger partial charge on any atom is 0.317 e. The summed E-state index contributed by atoms with van der Waals surface area (Å²) in [5, 5.41) is 13.1. The van der Waals surface area contributed by atoms with Gasteiger partial charge in [0.2, 0.25) is 5.91 Å². The van der Waals surface area contributed by atoms with Crippen molar-refractivity contribution < 1.29 is 9.59 Å². The molecule has 0 aromatic carbocycles. The summed E-state index contributed by atoms with van der Waals surface area (Å²) in [6, 6.07) is 0.0667. The van der Waals surface area contributed by atoms with Crippen LogP contribution in [-0.2, 0) is 4.79 Å². The van der Waals surface area contributed by atoms with Gasteiger partial charge in [-0.2, -0.15) is 5.10 Å². The molecular formula is C17H29N5O2. The van der Waals surface area contributed by atoms with E-state index in [0.717, 1.165) is 42.8 Å². The average molecular weight is 335 g/mol. The van der Waals surface area contributed by atoms with E-state index in [1.807, 2.05) is 32.6 Å². The molecule has 0 bridgehead atoms. The summed E-state index contributed by atoms with van der Waals surface area (Å²) in [6.07, 6.45) is 2.71. The van der Waals surface area contributed by atoms with Gasteiger partial charge in [0.15, 0.2) is 0 Å². The van der Waals surface area contributed by atoms with Gasteiger partial charge in [0.25, 0.3) is 0 Å². The third-order valence-electron chi connectivity index (χ3n) is 4.49. The summed E-state index contributed by atoms with van der Waals surface area (Å²) < 4.78 is 0. The van der Waals surface area contributed by atoms with Crippen molar-refractivity contribution in [2.45, 2.75) is 53.0 Å². The summed E-state index contributed by atoms with van der Waals surface area (Å²) >= 11 is 0. The zero-order valence-electron chi connectivity index (χ0n) is 15.1. The summed E-state index contributed by atoms with van der Waals surface area (Å²) in [5.74, 6) is 0.0400. The number of carbonyl (C=O) groups excluding carboxylic acids is 2. The molecule has 7 heteroatoms. The summed E-state index contributed by atoms with van der Waals surface area (Å²) in [5.41, 5.74) is 3.15. The lowest BCUT2D eigenvalue weighted by Gasteiger charge is -2.25. The Labute approximate surface area is 143 Å². The summed E-state index contributed by atoms with van der Waals surface area (Å²) in [6.45, 7) is 9.62. The number of urea groups is 1. The molecule has 0 aliphatic carbocycles. The zero-order valence-corrected chi connectivity index (χ0v) is 15.1. The van der Waals surface area contributed by atoms with Crippen molar-refractivity contribution in [3.8, 4) is 0 Å². The predicted octanol–water partition coefficient (Wildman–Crippen LogP) is 2.04. The molecule has 3 amide bonds. The van der Waals surface area contributed by atoms with Crippen LogP contribution < -0.4 is 10.6 Å². The molecule has 1 aliphatic heterocycles. The van der Waals surface area contributed by atoms with E-state index in [2.05, 4.69) is 20.8 Å². The maximum atomic E-state index is 12.5. The number of aromatic amines is 1. The van der Waals surface area contributed by atoms with Gasteiger partial charge in [0.1, 0.15) is 0 Å². The number of aromatic nitrogens is 2. The summed E-state index contributed by atoms with van der Waals surface area (Å²) in [4.78, 5) is 25.8. The maximum absolute atomic E-state index is 12.5. The van der Waals surface area contributed by atoms with E-state index in [0.29, 0.717) is 13.1 Å². The number of nitrogens with zero attached hydrogens (tertiary/aromatic N) is 2. The first kappa shape index (κ1) is 18.3. The van der Waals surface area contributed by atoms with Gasteiger partial charge in [-0.1, -0.05) is 13.8 Å². The van der Waals surface area contributed by atoms with Crippen LogP contribution in [0.1, 0.15) is 56.1 Å². The van der Waals surface area contributed by atoms with Crippen molar-refractivity contribution in [1.82, 2.24) is 25.7 Å². The first-order valence-electron chi connectivity index (χ1n) is 8.75. The molecule has 1 fully saturated rings. The normalized spacial score (nSPS) is 17.4. The number of hydrogen-bond donors (Lipinski definition) is 3. The highest BCUT2D eigenvalue weighted by Crippen LogP contribution is 2.34. The van der Waals surface area contributed by atoms with Gasteiger partial charge in [0, 0.05) is 36.8 Å². The zero-order chi connectivity index (χ0) is 17.7. The van der Waals surface area contributed by atoms with Crippen LogP contribution in [0.2, 0.25) is 0 Å². The first-order chi connectivity index (χ1) is 11.4. The number of aryl methyl sites for hydroxylation is 2. The quantitative estimate of drug-likeness (QED) is 0.695. The molecule has 24 heavy (non-hydrogen) atoms.